The van der Waals surface area contributed by atoms with Gasteiger partial charge < -0.3 is 14.8 Å². The van der Waals surface area contributed by atoms with Crippen LogP contribution in [0.2, 0.25) is 5.02 Å². The molecule has 0 spiro atoms. The number of rotatable bonds is 7. The first-order valence-electron chi connectivity index (χ1n) is 7.41. The average molecular weight is 363 g/mol. The molecular formula is C18H16ClFN2O3. The molecule has 0 saturated carbocycles. The average Bonchev–Trinajstić information content (AvgIpc) is 2.60. The summed E-state index contributed by atoms with van der Waals surface area (Å²) < 4.78 is 24.7. The molecule has 0 fully saturated rings. The van der Waals surface area contributed by atoms with E-state index in [2.05, 4.69) is 5.32 Å². The summed E-state index contributed by atoms with van der Waals surface area (Å²) >= 11 is 5.99. The second kappa shape index (κ2) is 8.90. The highest BCUT2D eigenvalue weighted by Gasteiger charge is 2.11. The molecule has 0 bridgehead atoms. The molecule has 2 aromatic rings. The molecule has 0 saturated heterocycles. The maximum Gasteiger partial charge on any atom is 0.234 e. The molecule has 1 N–H and O–H groups in total. The van der Waals surface area contributed by atoms with Crippen LogP contribution in [0.15, 0.2) is 36.4 Å². The number of ether oxygens (including phenoxy) is 2. The Balaban J connectivity index is 2.12. The summed E-state index contributed by atoms with van der Waals surface area (Å²) in [5.74, 6) is 0.0544. The van der Waals surface area contributed by atoms with Crippen molar-refractivity contribution >= 4 is 17.5 Å². The lowest BCUT2D eigenvalue weighted by Gasteiger charge is -2.13. The van der Waals surface area contributed by atoms with E-state index in [4.69, 9.17) is 26.3 Å². The molecule has 0 aliphatic carbocycles. The van der Waals surface area contributed by atoms with Gasteiger partial charge in [0.2, 0.25) is 5.91 Å². The normalized spacial score (nSPS) is 10.0. The maximum absolute atomic E-state index is 13.8. The Labute approximate surface area is 149 Å². The molecule has 0 heterocycles. The van der Waals surface area contributed by atoms with Gasteiger partial charge in [-0.2, -0.15) is 5.26 Å². The first-order chi connectivity index (χ1) is 12.0. The number of hydrogen-bond donors (Lipinski definition) is 1. The van der Waals surface area contributed by atoms with E-state index in [1.807, 2.05) is 0 Å². The SMILES string of the molecule is COc1ccc(CNC(=O)CC#N)cc1OCc1c(F)cccc1Cl. The topological polar surface area (TPSA) is 71.3 Å². The monoisotopic (exact) mass is 362 g/mol. The predicted molar refractivity (Wildman–Crippen MR) is 90.8 cm³/mol. The molecule has 2 rings (SSSR count). The Kier molecular flexibility index (Phi) is 6.61. The van der Waals surface area contributed by atoms with Gasteiger partial charge in [0.15, 0.2) is 11.5 Å². The summed E-state index contributed by atoms with van der Waals surface area (Å²) in [7, 11) is 1.49. The smallest absolute Gasteiger partial charge is 0.234 e. The summed E-state index contributed by atoms with van der Waals surface area (Å²) in [6.45, 7) is 0.174. The minimum absolute atomic E-state index is 0.0634. The van der Waals surface area contributed by atoms with Crippen molar-refractivity contribution in [1.82, 2.24) is 5.32 Å². The quantitative estimate of drug-likeness (QED) is 0.817. The van der Waals surface area contributed by atoms with Crippen molar-refractivity contribution in [2.24, 2.45) is 0 Å². The highest BCUT2D eigenvalue weighted by molar-refractivity contribution is 6.31. The highest BCUT2D eigenvalue weighted by Crippen LogP contribution is 2.30. The van der Waals surface area contributed by atoms with Crippen LogP contribution < -0.4 is 14.8 Å². The van der Waals surface area contributed by atoms with Gasteiger partial charge in [0, 0.05) is 12.1 Å². The second-order valence-electron chi connectivity index (χ2n) is 5.09. The van der Waals surface area contributed by atoms with E-state index in [9.17, 15) is 9.18 Å². The number of hydrogen-bond acceptors (Lipinski definition) is 4. The zero-order valence-corrected chi connectivity index (χ0v) is 14.3. The van der Waals surface area contributed by atoms with E-state index in [-0.39, 0.29) is 36.1 Å². The van der Waals surface area contributed by atoms with Crippen molar-refractivity contribution in [2.45, 2.75) is 19.6 Å². The van der Waals surface area contributed by atoms with Gasteiger partial charge in [-0.15, -0.1) is 0 Å². The van der Waals surface area contributed by atoms with Gasteiger partial charge in [-0.1, -0.05) is 23.7 Å². The summed E-state index contributed by atoms with van der Waals surface area (Å²) in [4.78, 5) is 11.4. The molecule has 0 aliphatic rings. The minimum Gasteiger partial charge on any atom is -0.493 e. The van der Waals surface area contributed by atoms with Crippen LogP contribution >= 0.6 is 11.6 Å². The molecular weight excluding hydrogens is 347 g/mol. The lowest BCUT2D eigenvalue weighted by Crippen LogP contribution is -2.21. The molecule has 0 aromatic heterocycles. The van der Waals surface area contributed by atoms with E-state index in [0.29, 0.717) is 11.5 Å². The number of nitrogens with one attached hydrogen (secondary N) is 1. The highest BCUT2D eigenvalue weighted by atomic mass is 35.5. The summed E-state index contributed by atoms with van der Waals surface area (Å²) in [6, 6.07) is 11.3. The van der Waals surface area contributed by atoms with Crippen molar-refractivity contribution in [1.29, 1.82) is 5.26 Å². The molecule has 0 unspecified atom stereocenters. The minimum atomic E-state index is -0.452. The molecule has 0 atom stereocenters. The molecule has 0 aliphatic heterocycles. The zero-order chi connectivity index (χ0) is 18.2. The fourth-order valence-electron chi connectivity index (χ4n) is 2.10. The van der Waals surface area contributed by atoms with Gasteiger partial charge >= 0.3 is 0 Å². The number of amides is 1. The lowest BCUT2D eigenvalue weighted by atomic mass is 10.2. The van der Waals surface area contributed by atoms with E-state index in [0.717, 1.165) is 5.56 Å². The zero-order valence-electron chi connectivity index (χ0n) is 13.5. The second-order valence-corrected chi connectivity index (χ2v) is 5.49. The third-order valence-corrected chi connectivity index (χ3v) is 3.75. The van der Waals surface area contributed by atoms with Crippen molar-refractivity contribution in [3.8, 4) is 17.6 Å². The largest absolute Gasteiger partial charge is 0.493 e. The van der Waals surface area contributed by atoms with Crippen LogP contribution in [0.1, 0.15) is 17.5 Å². The Hall–Kier alpha value is -2.78. The van der Waals surface area contributed by atoms with Gasteiger partial charge in [-0.25, -0.2) is 4.39 Å². The van der Waals surface area contributed by atoms with Gasteiger partial charge in [0.1, 0.15) is 18.8 Å². The lowest BCUT2D eigenvalue weighted by molar-refractivity contribution is -0.120. The molecule has 1 amide bonds. The van der Waals surface area contributed by atoms with Crippen molar-refractivity contribution in [3.63, 3.8) is 0 Å². The number of halogens is 2. The van der Waals surface area contributed by atoms with E-state index >= 15 is 0 Å². The number of benzene rings is 2. The third kappa shape index (κ3) is 5.10. The van der Waals surface area contributed by atoms with Crippen LogP contribution in [0.5, 0.6) is 11.5 Å². The number of carbonyl (C=O) groups excluding carboxylic acids is 1. The van der Waals surface area contributed by atoms with E-state index in [1.165, 1.54) is 19.2 Å². The van der Waals surface area contributed by atoms with Crippen LogP contribution in [0.3, 0.4) is 0 Å². The molecule has 0 radical (unpaired) electrons. The first-order valence-corrected chi connectivity index (χ1v) is 7.79. The fraction of sp³-hybridized carbons (Fsp3) is 0.222. The summed E-state index contributed by atoms with van der Waals surface area (Å²) in [5, 5.41) is 11.4. The molecule has 25 heavy (non-hydrogen) atoms. The number of nitrogens with zero attached hydrogens (tertiary/aromatic N) is 1. The first kappa shape index (κ1) is 18.6. The molecule has 130 valence electrons. The van der Waals surface area contributed by atoms with Gasteiger partial charge in [-0.05, 0) is 29.8 Å². The maximum atomic E-state index is 13.8. The van der Waals surface area contributed by atoms with E-state index in [1.54, 1.807) is 30.3 Å². The standard InChI is InChI=1S/C18H16ClFN2O3/c1-24-16-6-5-12(10-22-18(23)7-8-21)9-17(16)25-11-13-14(19)3-2-4-15(13)20/h2-6,9H,7,10-11H2,1H3,(H,22,23). The van der Waals surface area contributed by atoms with Crippen molar-refractivity contribution in [3.05, 3.63) is 58.4 Å². The molecule has 7 heteroatoms. The Morgan fingerprint density at radius 2 is 2.12 bits per heavy atom. The Morgan fingerprint density at radius 3 is 2.80 bits per heavy atom. The number of nitriles is 1. The van der Waals surface area contributed by atoms with Crippen LogP contribution in [0.4, 0.5) is 4.39 Å². The van der Waals surface area contributed by atoms with Crippen molar-refractivity contribution in [2.75, 3.05) is 7.11 Å². The Morgan fingerprint density at radius 1 is 1.32 bits per heavy atom. The molecule has 5 nitrogen and oxygen atoms in total. The van der Waals surface area contributed by atoms with Crippen molar-refractivity contribution < 1.29 is 18.7 Å². The summed E-state index contributed by atoms with van der Waals surface area (Å²) in [6.07, 6.45) is -0.203. The Bertz CT molecular complexity index is 785. The van der Waals surface area contributed by atoms with Gasteiger partial charge in [0.25, 0.3) is 0 Å². The van der Waals surface area contributed by atoms with Gasteiger partial charge in [-0.3, -0.25) is 4.79 Å². The molecule has 2 aromatic carbocycles. The van der Waals surface area contributed by atoms with Crippen LogP contribution in [-0.2, 0) is 17.9 Å². The van der Waals surface area contributed by atoms with Gasteiger partial charge in [0.05, 0.1) is 18.2 Å². The summed E-state index contributed by atoms with van der Waals surface area (Å²) in [5.41, 5.74) is 1.00. The van der Waals surface area contributed by atoms with Crippen LogP contribution in [-0.4, -0.2) is 13.0 Å². The van der Waals surface area contributed by atoms with Crippen LogP contribution in [0, 0.1) is 17.1 Å². The number of methoxy groups -OCH3 is 1. The van der Waals surface area contributed by atoms with E-state index < -0.39 is 5.82 Å². The fourth-order valence-corrected chi connectivity index (χ4v) is 2.32. The predicted octanol–water partition coefficient (Wildman–Crippen LogP) is 3.60. The van der Waals surface area contributed by atoms with Crippen LogP contribution in [0.25, 0.3) is 0 Å². The third-order valence-electron chi connectivity index (χ3n) is 3.39. The number of carbonyl (C=O) groups is 1.